The molecule has 0 atom stereocenters. The molecular formula is C16H21ClO4. The molecule has 21 heavy (non-hydrogen) atoms. The van der Waals surface area contributed by atoms with E-state index in [0.717, 1.165) is 5.56 Å². The predicted octanol–water partition coefficient (Wildman–Crippen LogP) is 3.92. The van der Waals surface area contributed by atoms with E-state index in [1.54, 1.807) is 39.0 Å². The number of aryl methyl sites for hydroxylation is 1. The fraction of sp³-hybridized carbons (Fsp3) is 0.500. The first-order valence-electron chi connectivity index (χ1n) is 7.06. The smallest absolute Gasteiger partial charge is 0.328 e. The van der Waals surface area contributed by atoms with Gasteiger partial charge in [-0.05, 0) is 50.5 Å². The van der Waals surface area contributed by atoms with Gasteiger partial charge in [0.05, 0.1) is 6.61 Å². The van der Waals surface area contributed by atoms with Gasteiger partial charge in [-0.3, -0.25) is 9.59 Å². The van der Waals surface area contributed by atoms with Crippen LogP contribution < -0.4 is 4.74 Å². The van der Waals surface area contributed by atoms with Crippen molar-refractivity contribution < 1.29 is 19.1 Å². The van der Waals surface area contributed by atoms with Crippen molar-refractivity contribution in [1.82, 2.24) is 0 Å². The van der Waals surface area contributed by atoms with Crippen molar-refractivity contribution in [3.63, 3.8) is 0 Å². The summed E-state index contributed by atoms with van der Waals surface area (Å²) in [5.74, 6) is -0.754. The van der Waals surface area contributed by atoms with E-state index in [0.29, 0.717) is 23.6 Å². The average molecular weight is 313 g/mol. The second-order valence-electron chi connectivity index (χ2n) is 4.81. The van der Waals surface area contributed by atoms with Crippen molar-refractivity contribution in [2.24, 2.45) is 5.41 Å². The van der Waals surface area contributed by atoms with Gasteiger partial charge in [0.15, 0.2) is 5.41 Å². The van der Waals surface area contributed by atoms with Gasteiger partial charge in [-0.25, -0.2) is 0 Å². The van der Waals surface area contributed by atoms with Crippen molar-refractivity contribution >= 4 is 23.5 Å². The number of benzene rings is 1. The van der Waals surface area contributed by atoms with E-state index in [2.05, 4.69) is 0 Å². The fourth-order valence-electron chi connectivity index (χ4n) is 2.07. The zero-order chi connectivity index (χ0) is 16.0. The molecule has 1 aromatic rings. The highest BCUT2D eigenvalue weighted by molar-refractivity contribution is 6.31. The van der Waals surface area contributed by atoms with Gasteiger partial charge in [-0.15, -0.1) is 0 Å². The van der Waals surface area contributed by atoms with Crippen LogP contribution in [0.3, 0.4) is 0 Å². The number of rotatable bonds is 6. The van der Waals surface area contributed by atoms with Crippen molar-refractivity contribution in [2.45, 2.75) is 40.5 Å². The maximum atomic E-state index is 12.5. The van der Waals surface area contributed by atoms with Crippen LogP contribution in [-0.4, -0.2) is 18.5 Å². The van der Waals surface area contributed by atoms with Gasteiger partial charge in [-0.1, -0.05) is 25.4 Å². The van der Waals surface area contributed by atoms with Crippen molar-refractivity contribution in [2.75, 3.05) is 6.61 Å². The Morgan fingerprint density at radius 3 is 2.24 bits per heavy atom. The van der Waals surface area contributed by atoms with Crippen LogP contribution in [0.15, 0.2) is 18.2 Å². The predicted molar refractivity (Wildman–Crippen MR) is 81.5 cm³/mol. The highest BCUT2D eigenvalue weighted by Crippen LogP contribution is 2.31. The molecule has 0 aliphatic rings. The van der Waals surface area contributed by atoms with Crippen molar-refractivity contribution in [1.29, 1.82) is 0 Å². The Morgan fingerprint density at radius 2 is 1.76 bits per heavy atom. The number of ether oxygens (including phenoxy) is 2. The van der Waals surface area contributed by atoms with Gasteiger partial charge in [-0.2, -0.15) is 0 Å². The molecule has 0 fully saturated rings. The molecule has 0 aliphatic heterocycles. The molecule has 0 saturated carbocycles. The number of esters is 2. The highest BCUT2D eigenvalue weighted by Gasteiger charge is 2.46. The van der Waals surface area contributed by atoms with Crippen LogP contribution in [0.1, 0.15) is 39.2 Å². The van der Waals surface area contributed by atoms with E-state index >= 15 is 0 Å². The van der Waals surface area contributed by atoms with E-state index in [1.165, 1.54) is 0 Å². The Labute approximate surface area is 130 Å². The first kappa shape index (κ1) is 17.5. The van der Waals surface area contributed by atoms with Crippen molar-refractivity contribution in [3.05, 3.63) is 28.8 Å². The minimum absolute atomic E-state index is 0.230. The molecule has 1 aromatic carbocycles. The largest absolute Gasteiger partial charge is 0.465 e. The van der Waals surface area contributed by atoms with Crippen LogP contribution in [0.2, 0.25) is 5.02 Å². The molecule has 0 heterocycles. The molecule has 116 valence electrons. The molecule has 0 aliphatic carbocycles. The topological polar surface area (TPSA) is 52.6 Å². The SMILES string of the molecule is CCOC(=O)C(CC)(CC)C(=O)Oc1ccc(Cl)c(C)c1. The molecule has 0 unspecified atom stereocenters. The van der Waals surface area contributed by atoms with Crippen LogP contribution >= 0.6 is 11.6 Å². The Bertz CT molecular complexity index is 521. The number of carbonyl (C=O) groups excluding carboxylic acids is 2. The maximum absolute atomic E-state index is 12.5. The summed E-state index contributed by atoms with van der Waals surface area (Å²) in [7, 11) is 0. The zero-order valence-corrected chi connectivity index (χ0v) is 13.6. The lowest BCUT2D eigenvalue weighted by atomic mass is 9.82. The van der Waals surface area contributed by atoms with Gasteiger partial charge in [0.2, 0.25) is 0 Å². The number of hydrogen-bond acceptors (Lipinski definition) is 4. The number of halogens is 1. The minimum Gasteiger partial charge on any atom is -0.465 e. The third-order valence-electron chi connectivity index (χ3n) is 3.60. The molecule has 4 nitrogen and oxygen atoms in total. The summed E-state index contributed by atoms with van der Waals surface area (Å²) in [4.78, 5) is 24.6. The van der Waals surface area contributed by atoms with Crippen LogP contribution in [0.5, 0.6) is 5.75 Å². The van der Waals surface area contributed by atoms with Gasteiger partial charge < -0.3 is 9.47 Å². The Kier molecular flexibility index (Phi) is 6.21. The van der Waals surface area contributed by atoms with Crippen molar-refractivity contribution in [3.8, 4) is 5.75 Å². The normalized spacial score (nSPS) is 11.1. The minimum atomic E-state index is -1.26. The van der Waals surface area contributed by atoms with Gasteiger partial charge in [0.1, 0.15) is 5.75 Å². The lowest BCUT2D eigenvalue weighted by molar-refractivity contribution is -0.167. The quantitative estimate of drug-likeness (QED) is 0.454. The van der Waals surface area contributed by atoms with Gasteiger partial charge >= 0.3 is 11.9 Å². The molecular weight excluding hydrogens is 292 g/mol. The molecule has 0 saturated heterocycles. The summed E-state index contributed by atoms with van der Waals surface area (Å²) < 4.78 is 10.4. The lowest BCUT2D eigenvalue weighted by Gasteiger charge is -2.26. The van der Waals surface area contributed by atoms with Crippen LogP contribution in [-0.2, 0) is 14.3 Å². The molecule has 0 N–H and O–H groups in total. The zero-order valence-electron chi connectivity index (χ0n) is 12.9. The average Bonchev–Trinajstić information content (AvgIpc) is 2.45. The second-order valence-corrected chi connectivity index (χ2v) is 5.22. The first-order valence-corrected chi connectivity index (χ1v) is 7.44. The van der Waals surface area contributed by atoms with Gasteiger partial charge in [0, 0.05) is 5.02 Å². The molecule has 0 radical (unpaired) electrons. The van der Waals surface area contributed by atoms with Crippen LogP contribution in [0.25, 0.3) is 0 Å². The van der Waals surface area contributed by atoms with Crippen LogP contribution in [0, 0.1) is 12.3 Å². The molecule has 0 spiro atoms. The van der Waals surface area contributed by atoms with E-state index in [-0.39, 0.29) is 6.61 Å². The Morgan fingerprint density at radius 1 is 1.14 bits per heavy atom. The summed E-state index contributed by atoms with van der Waals surface area (Å²) in [6.45, 7) is 7.30. The number of carbonyl (C=O) groups is 2. The second kappa shape index (κ2) is 7.46. The van der Waals surface area contributed by atoms with E-state index < -0.39 is 17.4 Å². The molecule has 0 amide bonds. The number of hydrogen-bond donors (Lipinski definition) is 0. The summed E-state index contributed by atoms with van der Waals surface area (Å²) in [6.07, 6.45) is 0.654. The molecule has 0 aromatic heterocycles. The third kappa shape index (κ3) is 3.76. The Hall–Kier alpha value is -1.55. The highest BCUT2D eigenvalue weighted by atomic mass is 35.5. The summed E-state index contributed by atoms with van der Waals surface area (Å²) in [5.41, 5.74) is -0.458. The molecule has 5 heteroatoms. The third-order valence-corrected chi connectivity index (χ3v) is 4.03. The van der Waals surface area contributed by atoms with Gasteiger partial charge in [0.25, 0.3) is 0 Å². The van der Waals surface area contributed by atoms with E-state index in [1.807, 2.05) is 6.92 Å². The standard InChI is InChI=1S/C16H21ClO4/c1-5-16(6-2,14(18)20-7-3)15(19)21-12-8-9-13(17)11(4)10-12/h8-10H,5-7H2,1-4H3. The van der Waals surface area contributed by atoms with Crippen LogP contribution in [0.4, 0.5) is 0 Å². The Balaban J connectivity index is 3.01. The summed E-state index contributed by atoms with van der Waals surface area (Å²) in [6, 6.07) is 4.93. The summed E-state index contributed by atoms with van der Waals surface area (Å²) in [5, 5.41) is 0.595. The van der Waals surface area contributed by atoms with E-state index in [9.17, 15) is 9.59 Å². The molecule has 0 bridgehead atoms. The monoisotopic (exact) mass is 312 g/mol. The first-order chi connectivity index (χ1) is 9.91. The summed E-state index contributed by atoms with van der Waals surface area (Å²) >= 11 is 5.94. The molecule has 1 rings (SSSR count). The lowest BCUT2D eigenvalue weighted by Crippen LogP contribution is -2.42. The van der Waals surface area contributed by atoms with E-state index in [4.69, 9.17) is 21.1 Å². The maximum Gasteiger partial charge on any atom is 0.328 e. The fourth-order valence-corrected chi connectivity index (χ4v) is 2.18.